The van der Waals surface area contributed by atoms with Gasteiger partial charge in [-0.15, -0.1) is 0 Å². The Kier molecular flexibility index (Phi) is 3.90. The van der Waals surface area contributed by atoms with Crippen molar-refractivity contribution in [1.29, 1.82) is 0 Å². The second kappa shape index (κ2) is 5.87. The van der Waals surface area contributed by atoms with Gasteiger partial charge in [-0.2, -0.15) is 5.10 Å². The maximum atomic E-state index is 5.86. The molecule has 1 N–H and O–H groups in total. The molecular formula is C17H21N5O. The Morgan fingerprint density at radius 1 is 1.26 bits per heavy atom. The summed E-state index contributed by atoms with van der Waals surface area (Å²) >= 11 is 0. The van der Waals surface area contributed by atoms with E-state index in [4.69, 9.17) is 4.42 Å². The first kappa shape index (κ1) is 15.3. The molecule has 0 amide bonds. The average molecular weight is 311 g/mol. The molecule has 0 aliphatic carbocycles. The lowest BCUT2D eigenvalue weighted by atomic mass is 9.93. The summed E-state index contributed by atoms with van der Waals surface area (Å²) in [5.74, 6) is 2.76. The summed E-state index contributed by atoms with van der Waals surface area (Å²) < 4.78 is 7.53. The number of hydrogen-bond donors (Lipinski definition) is 1. The van der Waals surface area contributed by atoms with Gasteiger partial charge in [-0.1, -0.05) is 20.8 Å². The van der Waals surface area contributed by atoms with E-state index in [1.807, 2.05) is 19.1 Å². The Hall–Kier alpha value is -2.63. The zero-order valence-corrected chi connectivity index (χ0v) is 13.9. The van der Waals surface area contributed by atoms with Crippen molar-refractivity contribution in [1.82, 2.24) is 19.7 Å². The van der Waals surface area contributed by atoms with Crippen LogP contribution < -0.4 is 5.32 Å². The molecule has 0 spiro atoms. The molecule has 0 bridgehead atoms. The fraction of sp³-hybridized carbons (Fsp3) is 0.353. The minimum Gasteiger partial charge on any atom is -0.465 e. The third-order valence-corrected chi connectivity index (χ3v) is 3.65. The standard InChI is InChI=1S/C17H21N5O/c1-12-13(7-15(23-12)17(2,3)4)8-19-16-6-5-14(9-20-16)22-11-18-10-21-22/h5-7,9-11H,8H2,1-4H3,(H,19,20). The SMILES string of the molecule is Cc1oc(C(C)(C)C)cc1CNc1ccc(-n2cncn2)cn1. The molecule has 3 heterocycles. The molecular weight excluding hydrogens is 290 g/mol. The molecule has 23 heavy (non-hydrogen) atoms. The third kappa shape index (κ3) is 3.41. The van der Waals surface area contributed by atoms with E-state index in [-0.39, 0.29) is 5.41 Å². The van der Waals surface area contributed by atoms with Gasteiger partial charge >= 0.3 is 0 Å². The van der Waals surface area contributed by atoms with Gasteiger partial charge in [0, 0.05) is 17.5 Å². The van der Waals surface area contributed by atoms with Crippen LogP contribution in [0, 0.1) is 6.92 Å². The molecule has 120 valence electrons. The quantitative estimate of drug-likeness (QED) is 0.799. The number of nitrogens with zero attached hydrogens (tertiary/aromatic N) is 4. The van der Waals surface area contributed by atoms with E-state index in [0.29, 0.717) is 6.54 Å². The highest BCUT2D eigenvalue weighted by atomic mass is 16.3. The topological polar surface area (TPSA) is 68.8 Å². The minimum atomic E-state index is 0.0146. The average Bonchev–Trinajstić information content (AvgIpc) is 3.15. The van der Waals surface area contributed by atoms with E-state index in [2.05, 4.69) is 47.2 Å². The lowest BCUT2D eigenvalue weighted by Gasteiger charge is -2.13. The van der Waals surface area contributed by atoms with Crippen molar-refractivity contribution in [3.8, 4) is 5.69 Å². The van der Waals surface area contributed by atoms with Crippen LogP contribution in [0.2, 0.25) is 0 Å². The van der Waals surface area contributed by atoms with Crippen molar-refractivity contribution in [3.63, 3.8) is 0 Å². The number of pyridine rings is 1. The molecule has 0 atom stereocenters. The van der Waals surface area contributed by atoms with Gasteiger partial charge < -0.3 is 9.73 Å². The predicted octanol–water partition coefficient (Wildman–Crippen LogP) is 3.47. The first-order valence-electron chi connectivity index (χ1n) is 7.58. The van der Waals surface area contributed by atoms with E-state index in [1.54, 1.807) is 17.2 Å². The van der Waals surface area contributed by atoms with Crippen molar-refractivity contribution in [3.05, 3.63) is 54.1 Å². The van der Waals surface area contributed by atoms with Crippen LogP contribution in [0.5, 0.6) is 0 Å². The first-order chi connectivity index (χ1) is 10.9. The van der Waals surface area contributed by atoms with Crippen LogP contribution >= 0.6 is 0 Å². The molecule has 0 saturated heterocycles. The normalized spacial score (nSPS) is 11.7. The number of furan rings is 1. The molecule has 0 aliphatic heterocycles. The number of aryl methyl sites for hydroxylation is 1. The van der Waals surface area contributed by atoms with Crippen LogP contribution in [-0.2, 0) is 12.0 Å². The van der Waals surface area contributed by atoms with Gasteiger partial charge in [-0.3, -0.25) is 0 Å². The highest BCUT2D eigenvalue weighted by Gasteiger charge is 2.20. The van der Waals surface area contributed by atoms with Crippen molar-refractivity contribution in [2.75, 3.05) is 5.32 Å². The van der Waals surface area contributed by atoms with Crippen LogP contribution in [0.3, 0.4) is 0 Å². The summed E-state index contributed by atoms with van der Waals surface area (Å²) in [6, 6.07) is 6.00. The molecule has 6 nitrogen and oxygen atoms in total. The van der Waals surface area contributed by atoms with Crippen molar-refractivity contribution in [2.45, 2.75) is 39.7 Å². The third-order valence-electron chi connectivity index (χ3n) is 3.65. The Bertz CT molecular complexity index is 766. The van der Waals surface area contributed by atoms with E-state index in [1.165, 1.54) is 6.33 Å². The molecule has 3 aromatic heterocycles. The molecule has 0 saturated carbocycles. The molecule has 3 aromatic rings. The second-order valence-electron chi connectivity index (χ2n) is 6.54. The van der Waals surface area contributed by atoms with Crippen LogP contribution in [0.1, 0.15) is 37.9 Å². The largest absolute Gasteiger partial charge is 0.465 e. The molecule has 0 aromatic carbocycles. The summed E-state index contributed by atoms with van der Waals surface area (Å²) in [6.07, 6.45) is 4.91. The highest BCUT2D eigenvalue weighted by molar-refractivity contribution is 5.41. The van der Waals surface area contributed by atoms with Crippen molar-refractivity contribution in [2.24, 2.45) is 0 Å². The lowest BCUT2D eigenvalue weighted by molar-refractivity contribution is 0.395. The van der Waals surface area contributed by atoms with Crippen LogP contribution in [0.25, 0.3) is 5.69 Å². The monoisotopic (exact) mass is 311 g/mol. The van der Waals surface area contributed by atoms with Crippen LogP contribution in [0.4, 0.5) is 5.82 Å². The Balaban J connectivity index is 1.68. The zero-order chi connectivity index (χ0) is 16.4. The summed E-state index contributed by atoms with van der Waals surface area (Å²) in [5.41, 5.74) is 2.04. The molecule has 3 rings (SSSR count). The fourth-order valence-electron chi connectivity index (χ4n) is 2.22. The van der Waals surface area contributed by atoms with Crippen LogP contribution in [-0.4, -0.2) is 19.7 Å². The second-order valence-corrected chi connectivity index (χ2v) is 6.54. The summed E-state index contributed by atoms with van der Waals surface area (Å²) in [4.78, 5) is 8.33. The number of aromatic nitrogens is 4. The van der Waals surface area contributed by atoms with Gasteiger partial charge in [0.15, 0.2) is 0 Å². The molecule has 0 radical (unpaired) electrons. The zero-order valence-electron chi connectivity index (χ0n) is 13.9. The lowest BCUT2D eigenvalue weighted by Crippen LogP contribution is -2.09. The minimum absolute atomic E-state index is 0.0146. The van der Waals surface area contributed by atoms with E-state index in [9.17, 15) is 0 Å². The highest BCUT2D eigenvalue weighted by Crippen LogP contribution is 2.27. The Morgan fingerprint density at radius 2 is 2.09 bits per heavy atom. The fourth-order valence-corrected chi connectivity index (χ4v) is 2.22. The summed E-state index contributed by atoms with van der Waals surface area (Å²) in [6.45, 7) is 9.11. The number of rotatable bonds is 4. The van der Waals surface area contributed by atoms with E-state index < -0.39 is 0 Å². The van der Waals surface area contributed by atoms with Crippen LogP contribution in [0.15, 0.2) is 41.5 Å². The van der Waals surface area contributed by atoms with Gasteiger partial charge in [-0.05, 0) is 25.1 Å². The maximum absolute atomic E-state index is 5.86. The number of hydrogen-bond acceptors (Lipinski definition) is 5. The predicted molar refractivity (Wildman–Crippen MR) is 88.6 cm³/mol. The van der Waals surface area contributed by atoms with Gasteiger partial charge in [0.25, 0.3) is 0 Å². The summed E-state index contributed by atoms with van der Waals surface area (Å²) in [5, 5.41) is 7.40. The maximum Gasteiger partial charge on any atom is 0.138 e. The molecule has 0 fully saturated rings. The Labute approximate surface area is 135 Å². The molecule has 6 heteroatoms. The summed E-state index contributed by atoms with van der Waals surface area (Å²) in [7, 11) is 0. The molecule has 0 unspecified atom stereocenters. The molecule has 0 aliphatic rings. The van der Waals surface area contributed by atoms with E-state index in [0.717, 1.165) is 28.6 Å². The smallest absolute Gasteiger partial charge is 0.138 e. The number of nitrogens with one attached hydrogen (secondary N) is 1. The van der Waals surface area contributed by atoms with Gasteiger partial charge in [0.1, 0.15) is 30.0 Å². The van der Waals surface area contributed by atoms with Gasteiger partial charge in [0.2, 0.25) is 0 Å². The first-order valence-corrected chi connectivity index (χ1v) is 7.58. The van der Waals surface area contributed by atoms with Gasteiger partial charge in [0.05, 0.1) is 11.9 Å². The van der Waals surface area contributed by atoms with Crippen molar-refractivity contribution >= 4 is 5.82 Å². The van der Waals surface area contributed by atoms with Gasteiger partial charge in [-0.25, -0.2) is 14.6 Å². The number of anilines is 1. The van der Waals surface area contributed by atoms with Crippen molar-refractivity contribution < 1.29 is 4.42 Å². The van der Waals surface area contributed by atoms with E-state index >= 15 is 0 Å². The Morgan fingerprint density at radius 3 is 2.65 bits per heavy atom.